The average Bonchev–Trinajstić information content (AvgIpc) is 2.13. The highest BCUT2D eigenvalue weighted by molar-refractivity contribution is 6.26. The summed E-state index contributed by atoms with van der Waals surface area (Å²) in [6.07, 6.45) is 1.19. The molecule has 0 heterocycles. The van der Waals surface area contributed by atoms with Gasteiger partial charge in [-0.2, -0.15) is 0 Å². The van der Waals surface area contributed by atoms with Gasteiger partial charge in [-0.05, 0) is 11.8 Å². The Bertz CT molecular complexity index is 111. The first kappa shape index (κ1) is 5.17. The molecule has 0 aromatic heterocycles. The van der Waals surface area contributed by atoms with Crippen molar-refractivity contribution in [1.82, 2.24) is 0 Å². The van der Waals surface area contributed by atoms with Gasteiger partial charge in [0, 0.05) is 5.54 Å². The molecule has 0 spiro atoms. The molecule has 1 heteroatoms. The summed E-state index contributed by atoms with van der Waals surface area (Å²) < 4.78 is 0. The summed E-state index contributed by atoms with van der Waals surface area (Å²) in [4.78, 5) is 0. The highest BCUT2D eigenvalue weighted by Crippen LogP contribution is 2.51. The van der Waals surface area contributed by atoms with Crippen LogP contribution in [0.25, 0.3) is 0 Å². The second-order valence-corrected chi connectivity index (χ2v) is 2.91. The summed E-state index contributed by atoms with van der Waals surface area (Å²) in [6.45, 7) is 4.39. The van der Waals surface area contributed by atoms with E-state index in [1.165, 1.54) is 12.0 Å². The topological polar surface area (TPSA) is 0 Å². The van der Waals surface area contributed by atoms with Crippen LogP contribution in [0.2, 0.25) is 0 Å². The SMILES string of the molecule is CC1(C)C/C1=C\Cl. The van der Waals surface area contributed by atoms with Crippen molar-refractivity contribution in [3.8, 4) is 0 Å². The van der Waals surface area contributed by atoms with Gasteiger partial charge in [-0.25, -0.2) is 0 Å². The second kappa shape index (κ2) is 1.25. The molecule has 1 fully saturated rings. The molecule has 1 aliphatic rings. The maximum atomic E-state index is 5.42. The van der Waals surface area contributed by atoms with Gasteiger partial charge in [0.1, 0.15) is 0 Å². The van der Waals surface area contributed by atoms with E-state index < -0.39 is 0 Å². The van der Waals surface area contributed by atoms with E-state index in [4.69, 9.17) is 11.6 Å². The molecule has 0 bridgehead atoms. The van der Waals surface area contributed by atoms with E-state index in [0.29, 0.717) is 5.41 Å². The number of rotatable bonds is 0. The van der Waals surface area contributed by atoms with E-state index in [0.717, 1.165) is 0 Å². The number of allylic oxidation sites excluding steroid dienone is 1. The quantitative estimate of drug-likeness (QED) is 0.456. The Morgan fingerprint density at radius 1 is 1.71 bits per heavy atom. The summed E-state index contributed by atoms with van der Waals surface area (Å²) >= 11 is 5.42. The molecule has 0 unspecified atom stereocenters. The summed E-state index contributed by atoms with van der Waals surface area (Å²) in [6, 6.07) is 0. The Kier molecular flexibility index (Phi) is 0.927. The van der Waals surface area contributed by atoms with Crippen LogP contribution in [0, 0.1) is 5.41 Å². The van der Waals surface area contributed by atoms with Crippen LogP contribution < -0.4 is 0 Å². The lowest BCUT2D eigenvalue weighted by Crippen LogP contribution is -1.77. The van der Waals surface area contributed by atoms with Crippen molar-refractivity contribution in [2.45, 2.75) is 20.3 Å². The molecule has 0 saturated heterocycles. The lowest BCUT2D eigenvalue weighted by molar-refractivity contribution is 0.687. The largest absolute Gasteiger partial charge is 0.0930 e. The molecule has 1 rings (SSSR count). The smallest absolute Gasteiger partial charge is 0.00403 e. The predicted molar refractivity (Wildman–Crippen MR) is 32.3 cm³/mol. The van der Waals surface area contributed by atoms with Gasteiger partial charge in [-0.15, -0.1) is 0 Å². The Morgan fingerprint density at radius 2 is 2.14 bits per heavy atom. The van der Waals surface area contributed by atoms with Crippen molar-refractivity contribution in [2.24, 2.45) is 5.41 Å². The van der Waals surface area contributed by atoms with Crippen molar-refractivity contribution in [3.05, 3.63) is 11.1 Å². The van der Waals surface area contributed by atoms with Crippen LogP contribution in [0.1, 0.15) is 20.3 Å². The van der Waals surface area contributed by atoms with Crippen LogP contribution in [-0.4, -0.2) is 0 Å². The van der Waals surface area contributed by atoms with E-state index in [-0.39, 0.29) is 0 Å². The molecule has 40 valence electrons. The molecule has 0 amide bonds. The zero-order valence-corrected chi connectivity index (χ0v) is 5.42. The van der Waals surface area contributed by atoms with E-state index in [2.05, 4.69) is 13.8 Å². The van der Waals surface area contributed by atoms with Gasteiger partial charge in [-0.3, -0.25) is 0 Å². The summed E-state index contributed by atoms with van der Waals surface area (Å²) in [5.41, 5.74) is 3.52. The number of halogens is 1. The van der Waals surface area contributed by atoms with Crippen LogP contribution in [0.4, 0.5) is 0 Å². The molecule has 0 atom stereocenters. The Morgan fingerprint density at radius 3 is 2.14 bits per heavy atom. The minimum Gasteiger partial charge on any atom is -0.0930 e. The van der Waals surface area contributed by atoms with Gasteiger partial charge in [0.05, 0.1) is 0 Å². The van der Waals surface area contributed by atoms with Crippen LogP contribution in [0.15, 0.2) is 11.1 Å². The minimum absolute atomic E-state index is 0.446. The fraction of sp³-hybridized carbons (Fsp3) is 0.667. The fourth-order valence-corrected chi connectivity index (χ4v) is 0.991. The van der Waals surface area contributed by atoms with E-state index in [1.807, 2.05) is 0 Å². The molecular weight excluding hydrogens is 108 g/mol. The monoisotopic (exact) mass is 116 g/mol. The normalized spacial score (nSPS) is 31.0. The molecule has 0 nitrogen and oxygen atoms in total. The van der Waals surface area contributed by atoms with Gasteiger partial charge >= 0.3 is 0 Å². The van der Waals surface area contributed by atoms with E-state index in [9.17, 15) is 0 Å². The van der Waals surface area contributed by atoms with Gasteiger partial charge in [-0.1, -0.05) is 31.0 Å². The summed E-state index contributed by atoms with van der Waals surface area (Å²) in [7, 11) is 0. The molecular formula is C6H9Cl. The second-order valence-electron chi connectivity index (χ2n) is 2.70. The van der Waals surface area contributed by atoms with E-state index >= 15 is 0 Å². The van der Waals surface area contributed by atoms with Gasteiger partial charge in [0.15, 0.2) is 0 Å². The summed E-state index contributed by atoms with van der Waals surface area (Å²) in [5, 5.41) is 0. The predicted octanol–water partition coefficient (Wildman–Crippen LogP) is 2.54. The fourth-order valence-electron chi connectivity index (χ4n) is 0.618. The number of hydrogen-bond acceptors (Lipinski definition) is 0. The average molecular weight is 117 g/mol. The first-order chi connectivity index (χ1) is 3.17. The van der Waals surface area contributed by atoms with Gasteiger partial charge in [0.25, 0.3) is 0 Å². The Hall–Kier alpha value is 0.0300. The Labute approximate surface area is 49.2 Å². The van der Waals surface area contributed by atoms with Crippen LogP contribution >= 0.6 is 11.6 Å². The van der Waals surface area contributed by atoms with Crippen LogP contribution in [-0.2, 0) is 0 Å². The third-order valence-corrected chi connectivity index (χ3v) is 1.77. The zero-order valence-electron chi connectivity index (χ0n) is 4.66. The third-order valence-electron chi connectivity index (χ3n) is 1.51. The molecule has 0 N–H and O–H groups in total. The third kappa shape index (κ3) is 0.805. The van der Waals surface area contributed by atoms with Crippen molar-refractivity contribution < 1.29 is 0 Å². The van der Waals surface area contributed by atoms with E-state index in [1.54, 1.807) is 5.54 Å². The van der Waals surface area contributed by atoms with Crippen molar-refractivity contribution in [1.29, 1.82) is 0 Å². The van der Waals surface area contributed by atoms with Crippen LogP contribution in [0.3, 0.4) is 0 Å². The highest BCUT2D eigenvalue weighted by Gasteiger charge is 2.38. The molecule has 1 aliphatic carbocycles. The standard InChI is InChI=1S/C6H9Cl/c1-6(2)3-5(6)4-7/h4H,3H2,1-2H3/b5-4+. The molecule has 0 aliphatic heterocycles. The van der Waals surface area contributed by atoms with Crippen molar-refractivity contribution in [2.75, 3.05) is 0 Å². The Balaban J connectivity index is 2.61. The van der Waals surface area contributed by atoms with Crippen LogP contribution in [0.5, 0.6) is 0 Å². The van der Waals surface area contributed by atoms with Gasteiger partial charge < -0.3 is 0 Å². The zero-order chi connectivity index (χ0) is 5.49. The van der Waals surface area contributed by atoms with Crippen molar-refractivity contribution in [3.63, 3.8) is 0 Å². The molecule has 7 heavy (non-hydrogen) atoms. The molecule has 1 saturated carbocycles. The lowest BCUT2D eigenvalue weighted by Gasteiger charge is -1.88. The number of hydrogen-bond donors (Lipinski definition) is 0. The minimum atomic E-state index is 0.446. The van der Waals surface area contributed by atoms with Crippen molar-refractivity contribution >= 4 is 11.6 Å². The highest BCUT2D eigenvalue weighted by atomic mass is 35.5. The molecule has 0 radical (unpaired) electrons. The lowest BCUT2D eigenvalue weighted by atomic mass is 10.2. The first-order valence-corrected chi connectivity index (χ1v) is 2.90. The molecule has 0 aromatic carbocycles. The maximum Gasteiger partial charge on any atom is 0.00403 e. The summed E-state index contributed by atoms with van der Waals surface area (Å²) in [5.74, 6) is 0. The first-order valence-electron chi connectivity index (χ1n) is 2.46. The molecule has 0 aromatic rings. The maximum absolute atomic E-state index is 5.42. The van der Waals surface area contributed by atoms with Gasteiger partial charge in [0.2, 0.25) is 0 Å².